The van der Waals surface area contributed by atoms with E-state index in [4.69, 9.17) is 17.3 Å². The number of benzene rings is 1. The zero-order valence-electron chi connectivity index (χ0n) is 11.4. The number of halogens is 1. The number of anilines is 1. The molecule has 2 aromatic rings. The van der Waals surface area contributed by atoms with Gasteiger partial charge in [0.15, 0.2) is 0 Å². The summed E-state index contributed by atoms with van der Waals surface area (Å²) >= 11 is 5.99. The zero-order valence-corrected chi connectivity index (χ0v) is 12.2. The Morgan fingerprint density at radius 3 is 2.68 bits per heavy atom. The van der Waals surface area contributed by atoms with Crippen LogP contribution in [0.3, 0.4) is 0 Å². The molecule has 4 heteroatoms. The van der Waals surface area contributed by atoms with Crippen LogP contribution in [0.1, 0.15) is 26.7 Å². The molecule has 0 saturated carbocycles. The molecular formula is C15H20ClN3. The Labute approximate surface area is 119 Å². The van der Waals surface area contributed by atoms with Crippen molar-refractivity contribution < 1.29 is 0 Å². The fourth-order valence-electron chi connectivity index (χ4n) is 2.05. The summed E-state index contributed by atoms with van der Waals surface area (Å²) in [7, 11) is 0. The first-order valence-corrected chi connectivity index (χ1v) is 7.03. The van der Waals surface area contributed by atoms with Crippen molar-refractivity contribution in [1.29, 1.82) is 0 Å². The number of hydrogen-bond donors (Lipinski definition) is 2. The zero-order chi connectivity index (χ0) is 13.9. The predicted molar refractivity (Wildman–Crippen MR) is 82.7 cm³/mol. The van der Waals surface area contributed by atoms with Gasteiger partial charge in [0, 0.05) is 34.4 Å². The molecule has 0 saturated heterocycles. The topological polar surface area (TPSA) is 50.9 Å². The summed E-state index contributed by atoms with van der Waals surface area (Å²) in [5.41, 5.74) is 8.10. The number of nitrogens with zero attached hydrogens (tertiary/aromatic N) is 1. The molecule has 0 radical (unpaired) electrons. The smallest absolute Gasteiger partial charge is 0.0737 e. The van der Waals surface area contributed by atoms with Crippen LogP contribution >= 0.6 is 11.6 Å². The third kappa shape index (κ3) is 3.17. The highest BCUT2D eigenvalue weighted by atomic mass is 35.5. The van der Waals surface area contributed by atoms with E-state index < -0.39 is 0 Å². The van der Waals surface area contributed by atoms with Crippen LogP contribution in [0.5, 0.6) is 0 Å². The molecule has 0 fully saturated rings. The Morgan fingerprint density at radius 1 is 1.26 bits per heavy atom. The van der Waals surface area contributed by atoms with E-state index >= 15 is 0 Å². The van der Waals surface area contributed by atoms with Gasteiger partial charge in [-0.1, -0.05) is 25.4 Å². The molecule has 0 aliphatic heterocycles. The molecule has 1 heterocycles. The first kappa shape index (κ1) is 14.1. The molecule has 0 atom stereocenters. The molecule has 0 unspecified atom stereocenters. The van der Waals surface area contributed by atoms with E-state index in [-0.39, 0.29) is 5.54 Å². The van der Waals surface area contributed by atoms with Crippen molar-refractivity contribution in [2.75, 3.05) is 11.9 Å². The summed E-state index contributed by atoms with van der Waals surface area (Å²) in [5, 5.41) is 5.21. The van der Waals surface area contributed by atoms with E-state index in [1.807, 2.05) is 24.3 Å². The second kappa shape index (κ2) is 5.76. The van der Waals surface area contributed by atoms with Gasteiger partial charge in [-0.3, -0.25) is 4.98 Å². The van der Waals surface area contributed by atoms with Crippen LogP contribution in [0.15, 0.2) is 30.5 Å². The third-order valence-electron chi connectivity index (χ3n) is 3.74. The number of hydrogen-bond acceptors (Lipinski definition) is 3. The van der Waals surface area contributed by atoms with Crippen molar-refractivity contribution in [1.82, 2.24) is 4.98 Å². The molecule has 1 aromatic heterocycles. The van der Waals surface area contributed by atoms with Crippen LogP contribution in [0.2, 0.25) is 5.02 Å². The molecule has 0 aliphatic carbocycles. The first-order valence-electron chi connectivity index (χ1n) is 6.65. The quantitative estimate of drug-likeness (QED) is 0.874. The van der Waals surface area contributed by atoms with Crippen LogP contribution < -0.4 is 11.1 Å². The van der Waals surface area contributed by atoms with E-state index in [9.17, 15) is 0 Å². The molecule has 3 nitrogen and oxygen atoms in total. The number of nitrogens with one attached hydrogen (secondary N) is 1. The molecule has 0 amide bonds. The second-order valence-corrected chi connectivity index (χ2v) is 5.38. The lowest BCUT2D eigenvalue weighted by Gasteiger charge is -2.27. The summed E-state index contributed by atoms with van der Waals surface area (Å²) in [6, 6.07) is 7.72. The highest BCUT2D eigenvalue weighted by Gasteiger charge is 2.19. The van der Waals surface area contributed by atoms with Crippen molar-refractivity contribution in [3.63, 3.8) is 0 Å². The van der Waals surface area contributed by atoms with Gasteiger partial charge in [0.05, 0.1) is 5.52 Å². The maximum atomic E-state index is 6.31. The van der Waals surface area contributed by atoms with Gasteiger partial charge in [0.2, 0.25) is 0 Å². The van der Waals surface area contributed by atoms with E-state index in [1.54, 1.807) is 6.20 Å². The standard InChI is InChI=1S/C15H20ClN3/c1-3-15(17,4-2)10-19-13-7-8-18-14-9-11(16)5-6-12(13)14/h5-9H,3-4,10,17H2,1-2H3,(H,18,19). The fourth-order valence-corrected chi connectivity index (χ4v) is 2.21. The minimum atomic E-state index is -0.165. The highest BCUT2D eigenvalue weighted by Crippen LogP contribution is 2.25. The summed E-state index contributed by atoms with van der Waals surface area (Å²) in [5.74, 6) is 0. The third-order valence-corrected chi connectivity index (χ3v) is 3.98. The predicted octanol–water partition coefficient (Wildman–Crippen LogP) is 3.82. The van der Waals surface area contributed by atoms with E-state index in [1.165, 1.54) is 0 Å². The number of fused-ring (bicyclic) bond motifs is 1. The summed E-state index contributed by atoms with van der Waals surface area (Å²) in [6.07, 6.45) is 3.69. The minimum Gasteiger partial charge on any atom is -0.383 e. The molecular weight excluding hydrogens is 258 g/mol. The Bertz CT molecular complexity index is 564. The van der Waals surface area contributed by atoms with Crippen LogP contribution in [0, 0.1) is 0 Å². The van der Waals surface area contributed by atoms with Gasteiger partial charge < -0.3 is 11.1 Å². The molecule has 19 heavy (non-hydrogen) atoms. The number of nitrogens with two attached hydrogens (primary N) is 1. The van der Waals surface area contributed by atoms with Gasteiger partial charge in [0.25, 0.3) is 0 Å². The van der Waals surface area contributed by atoms with Crippen LogP contribution in [0.4, 0.5) is 5.69 Å². The monoisotopic (exact) mass is 277 g/mol. The number of aromatic nitrogens is 1. The maximum Gasteiger partial charge on any atom is 0.0737 e. The molecule has 2 rings (SSSR count). The van der Waals surface area contributed by atoms with Crippen LogP contribution in [-0.4, -0.2) is 17.1 Å². The first-order chi connectivity index (χ1) is 9.08. The van der Waals surface area contributed by atoms with Crippen molar-refractivity contribution in [2.24, 2.45) is 5.73 Å². The van der Waals surface area contributed by atoms with Crippen molar-refractivity contribution in [3.8, 4) is 0 Å². The molecule has 102 valence electrons. The van der Waals surface area contributed by atoms with Crippen LogP contribution in [-0.2, 0) is 0 Å². The average Bonchev–Trinajstić information content (AvgIpc) is 2.44. The largest absolute Gasteiger partial charge is 0.383 e. The lowest BCUT2D eigenvalue weighted by atomic mass is 9.94. The normalized spacial score (nSPS) is 11.8. The van der Waals surface area contributed by atoms with Crippen molar-refractivity contribution >= 4 is 28.2 Å². The Balaban J connectivity index is 2.26. The molecule has 0 aliphatic rings. The van der Waals surface area contributed by atoms with Gasteiger partial charge in [-0.15, -0.1) is 0 Å². The van der Waals surface area contributed by atoms with Gasteiger partial charge in [-0.2, -0.15) is 0 Å². The lowest BCUT2D eigenvalue weighted by Crippen LogP contribution is -2.45. The van der Waals surface area contributed by atoms with E-state index in [0.717, 1.165) is 36.0 Å². The molecule has 1 aromatic carbocycles. The Morgan fingerprint density at radius 2 is 2.00 bits per heavy atom. The van der Waals surface area contributed by atoms with E-state index in [0.29, 0.717) is 5.02 Å². The number of pyridine rings is 1. The van der Waals surface area contributed by atoms with E-state index in [2.05, 4.69) is 24.1 Å². The number of rotatable bonds is 5. The summed E-state index contributed by atoms with van der Waals surface area (Å²) < 4.78 is 0. The maximum absolute atomic E-state index is 6.31. The minimum absolute atomic E-state index is 0.165. The summed E-state index contributed by atoms with van der Waals surface area (Å²) in [6.45, 7) is 4.99. The SMILES string of the molecule is CCC(N)(CC)CNc1ccnc2cc(Cl)ccc12. The molecule has 0 spiro atoms. The molecule has 0 bridgehead atoms. The molecule has 3 N–H and O–H groups in total. The Kier molecular flexibility index (Phi) is 4.27. The Hall–Kier alpha value is -1.32. The van der Waals surface area contributed by atoms with Gasteiger partial charge in [-0.05, 0) is 37.1 Å². The van der Waals surface area contributed by atoms with Crippen LogP contribution in [0.25, 0.3) is 10.9 Å². The highest BCUT2D eigenvalue weighted by molar-refractivity contribution is 6.31. The average molecular weight is 278 g/mol. The lowest BCUT2D eigenvalue weighted by molar-refractivity contribution is 0.418. The van der Waals surface area contributed by atoms with Gasteiger partial charge in [-0.25, -0.2) is 0 Å². The van der Waals surface area contributed by atoms with Gasteiger partial charge >= 0.3 is 0 Å². The summed E-state index contributed by atoms with van der Waals surface area (Å²) in [4.78, 5) is 4.33. The fraction of sp³-hybridized carbons (Fsp3) is 0.400. The van der Waals surface area contributed by atoms with Crippen molar-refractivity contribution in [2.45, 2.75) is 32.2 Å². The second-order valence-electron chi connectivity index (χ2n) is 4.94. The van der Waals surface area contributed by atoms with Gasteiger partial charge in [0.1, 0.15) is 0 Å². The van der Waals surface area contributed by atoms with Crippen molar-refractivity contribution in [3.05, 3.63) is 35.5 Å².